The highest BCUT2D eigenvalue weighted by Gasteiger charge is 2.24. The van der Waals surface area contributed by atoms with Gasteiger partial charge in [-0.1, -0.05) is 23.7 Å². The Hall–Kier alpha value is -2.92. The minimum absolute atomic E-state index is 0.186. The number of methoxy groups -OCH3 is 1. The van der Waals surface area contributed by atoms with Gasteiger partial charge >= 0.3 is 11.9 Å². The smallest absolute Gasteiger partial charge is 0.363 e. The molecule has 0 aliphatic carbocycles. The van der Waals surface area contributed by atoms with Crippen LogP contribution in [0.15, 0.2) is 59.2 Å². The van der Waals surface area contributed by atoms with Crippen LogP contribution in [0.2, 0.25) is 5.02 Å². The third kappa shape index (κ3) is 3.36. The van der Waals surface area contributed by atoms with Crippen LogP contribution < -0.4 is 0 Å². The van der Waals surface area contributed by atoms with E-state index in [2.05, 4.69) is 9.73 Å². The Labute approximate surface area is 143 Å². The van der Waals surface area contributed by atoms with E-state index in [9.17, 15) is 9.59 Å². The van der Waals surface area contributed by atoms with E-state index in [1.54, 1.807) is 54.6 Å². The Kier molecular flexibility index (Phi) is 4.44. The van der Waals surface area contributed by atoms with Gasteiger partial charge in [-0.25, -0.2) is 14.6 Å². The molecule has 6 heteroatoms. The van der Waals surface area contributed by atoms with E-state index in [4.69, 9.17) is 16.3 Å². The van der Waals surface area contributed by atoms with Crippen LogP contribution in [-0.4, -0.2) is 24.9 Å². The highest BCUT2D eigenvalue weighted by Crippen LogP contribution is 2.20. The average molecular weight is 342 g/mol. The molecule has 0 saturated heterocycles. The lowest BCUT2D eigenvalue weighted by molar-refractivity contribution is -0.129. The van der Waals surface area contributed by atoms with Gasteiger partial charge in [-0.3, -0.25) is 0 Å². The minimum atomic E-state index is -0.531. The molecule has 1 heterocycles. The van der Waals surface area contributed by atoms with Gasteiger partial charge in [0.1, 0.15) is 0 Å². The molecular weight excluding hydrogens is 330 g/mol. The van der Waals surface area contributed by atoms with E-state index in [-0.39, 0.29) is 11.6 Å². The lowest BCUT2D eigenvalue weighted by Gasteiger charge is -1.99. The number of rotatable bonds is 3. The normalized spacial score (nSPS) is 15.2. The van der Waals surface area contributed by atoms with Crippen molar-refractivity contribution in [3.05, 3.63) is 75.9 Å². The molecule has 120 valence electrons. The first-order chi connectivity index (χ1) is 11.6. The lowest BCUT2D eigenvalue weighted by atomic mass is 10.1. The molecule has 5 nitrogen and oxygen atoms in total. The van der Waals surface area contributed by atoms with Gasteiger partial charge in [-0.05, 0) is 48.0 Å². The Bertz CT molecular complexity index is 852. The van der Waals surface area contributed by atoms with Crippen molar-refractivity contribution in [1.82, 2.24) is 0 Å². The molecule has 1 aliphatic heterocycles. The third-order valence-corrected chi connectivity index (χ3v) is 3.60. The Morgan fingerprint density at radius 3 is 2.42 bits per heavy atom. The van der Waals surface area contributed by atoms with Crippen LogP contribution in [0.5, 0.6) is 0 Å². The van der Waals surface area contributed by atoms with Crippen molar-refractivity contribution >= 4 is 35.5 Å². The number of aliphatic imine (C=N–C) groups is 1. The molecule has 0 aromatic heterocycles. The molecular formula is C18H12ClNO4. The standard InChI is InChI=1S/C18H12ClNO4/c1-23-17(21)13-4-2-11(3-5-13)10-15-18(22)24-16(20-15)12-6-8-14(19)9-7-12/h2-10H,1H3/b15-10-. The summed E-state index contributed by atoms with van der Waals surface area (Å²) in [5.41, 5.74) is 2.00. The summed E-state index contributed by atoms with van der Waals surface area (Å²) in [7, 11) is 1.32. The zero-order valence-electron chi connectivity index (χ0n) is 12.7. The molecule has 0 amide bonds. The van der Waals surface area contributed by atoms with Gasteiger partial charge in [0, 0.05) is 10.6 Å². The summed E-state index contributed by atoms with van der Waals surface area (Å²) in [4.78, 5) is 27.6. The van der Waals surface area contributed by atoms with Crippen molar-refractivity contribution in [1.29, 1.82) is 0 Å². The number of nitrogens with zero attached hydrogens (tertiary/aromatic N) is 1. The van der Waals surface area contributed by atoms with Crippen LogP contribution in [0, 0.1) is 0 Å². The molecule has 2 aromatic carbocycles. The molecule has 0 N–H and O–H groups in total. The largest absolute Gasteiger partial charge is 0.465 e. The number of hydrogen-bond donors (Lipinski definition) is 0. The van der Waals surface area contributed by atoms with Crippen LogP contribution >= 0.6 is 11.6 Å². The van der Waals surface area contributed by atoms with Crippen LogP contribution in [0.3, 0.4) is 0 Å². The van der Waals surface area contributed by atoms with Gasteiger partial charge in [0.25, 0.3) is 0 Å². The second-order valence-corrected chi connectivity index (χ2v) is 5.39. The van der Waals surface area contributed by atoms with E-state index >= 15 is 0 Å². The summed E-state index contributed by atoms with van der Waals surface area (Å²) in [5, 5.41) is 0.588. The lowest BCUT2D eigenvalue weighted by Crippen LogP contribution is -2.05. The molecule has 1 aliphatic rings. The number of ether oxygens (including phenoxy) is 2. The van der Waals surface area contributed by atoms with Crippen LogP contribution in [-0.2, 0) is 14.3 Å². The maximum Gasteiger partial charge on any atom is 0.363 e. The quantitative estimate of drug-likeness (QED) is 0.633. The number of cyclic esters (lactones) is 1. The van der Waals surface area contributed by atoms with E-state index < -0.39 is 11.9 Å². The molecule has 24 heavy (non-hydrogen) atoms. The van der Waals surface area contributed by atoms with E-state index in [1.807, 2.05) is 0 Å². The van der Waals surface area contributed by atoms with Crippen molar-refractivity contribution in [2.45, 2.75) is 0 Å². The molecule has 3 rings (SSSR count). The first-order valence-corrected chi connectivity index (χ1v) is 7.41. The van der Waals surface area contributed by atoms with Gasteiger partial charge in [0.05, 0.1) is 12.7 Å². The average Bonchev–Trinajstić information content (AvgIpc) is 2.96. The first kappa shape index (κ1) is 16.0. The maximum absolute atomic E-state index is 11.9. The number of esters is 2. The fraction of sp³-hybridized carbons (Fsp3) is 0.0556. The molecule has 0 radical (unpaired) electrons. The summed E-state index contributed by atoms with van der Waals surface area (Å²) in [6, 6.07) is 13.5. The summed E-state index contributed by atoms with van der Waals surface area (Å²) in [5.74, 6) is -0.719. The number of carbonyl (C=O) groups excluding carboxylic acids is 2. The molecule has 2 aromatic rings. The summed E-state index contributed by atoms with van der Waals surface area (Å²) >= 11 is 5.84. The third-order valence-electron chi connectivity index (χ3n) is 3.35. The zero-order chi connectivity index (χ0) is 17.1. The molecule has 0 spiro atoms. The number of hydrogen-bond acceptors (Lipinski definition) is 5. The fourth-order valence-electron chi connectivity index (χ4n) is 2.12. The predicted octanol–water partition coefficient (Wildman–Crippen LogP) is 3.47. The van der Waals surface area contributed by atoms with Gasteiger partial charge < -0.3 is 9.47 Å². The topological polar surface area (TPSA) is 65.0 Å². The van der Waals surface area contributed by atoms with Crippen molar-refractivity contribution in [2.75, 3.05) is 7.11 Å². The summed E-state index contributed by atoms with van der Waals surface area (Å²) in [6.07, 6.45) is 1.59. The van der Waals surface area contributed by atoms with Crippen molar-refractivity contribution in [2.24, 2.45) is 4.99 Å². The Morgan fingerprint density at radius 2 is 1.79 bits per heavy atom. The second-order valence-electron chi connectivity index (χ2n) is 4.96. The van der Waals surface area contributed by atoms with Crippen molar-refractivity contribution < 1.29 is 19.1 Å². The predicted molar refractivity (Wildman–Crippen MR) is 89.8 cm³/mol. The summed E-state index contributed by atoms with van der Waals surface area (Å²) in [6.45, 7) is 0. The van der Waals surface area contributed by atoms with Crippen molar-refractivity contribution in [3.8, 4) is 0 Å². The zero-order valence-corrected chi connectivity index (χ0v) is 13.4. The van der Waals surface area contributed by atoms with Gasteiger partial charge in [-0.2, -0.15) is 0 Å². The van der Waals surface area contributed by atoms with Crippen LogP contribution in [0.4, 0.5) is 0 Å². The van der Waals surface area contributed by atoms with E-state index in [1.165, 1.54) is 7.11 Å². The molecule has 0 saturated carbocycles. The number of carbonyl (C=O) groups is 2. The Balaban J connectivity index is 1.85. The molecule has 0 atom stereocenters. The van der Waals surface area contributed by atoms with E-state index in [0.717, 1.165) is 5.56 Å². The number of benzene rings is 2. The monoisotopic (exact) mass is 341 g/mol. The molecule has 0 bridgehead atoms. The molecule has 0 unspecified atom stereocenters. The van der Waals surface area contributed by atoms with Gasteiger partial charge in [0.2, 0.25) is 5.90 Å². The van der Waals surface area contributed by atoms with Crippen LogP contribution in [0.25, 0.3) is 6.08 Å². The first-order valence-electron chi connectivity index (χ1n) is 7.04. The highest BCUT2D eigenvalue weighted by molar-refractivity contribution is 6.30. The second kappa shape index (κ2) is 6.68. The van der Waals surface area contributed by atoms with Gasteiger partial charge in [0.15, 0.2) is 5.70 Å². The highest BCUT2D eigenvalue weighted by atomic mass is 35.5. The van der Waals surface area contributed by atoms with Crippen LogP contribution in [0.1, 0.15) is 21.5 Å². The maximum atomic E-state index is 11.9. The summed E-state index contributed by atoms with van der Waals surface area (Å²) < 4.78 is 9.82. The SMILES string of the molecule is COC(=O)c1ccc(/C=C2\N=C(c3ccc(Cl)cc3)OC2=O)cc1. The fourth-order valence-corrected chi connectivity index (χ4v) is 2.24. The molecule has 0 fully saturated rings. The van der Waals surface area contributed by atoms with Crippen molar-refractivity contribution in [3.63, 3.8) is 0 Å². The minimum Gasteiger partial charge on any atom is -0.465 e. The Morgan fingerprint density at radius 1 is 1.12 bits per heavy atom. The van der Waals surface area contributed by atoms with Gasteiger partial charge in [-0.15, -0.1) is 0 Å². The van der Waals surface area contributed by atoms with E-state index in [0.29, 0.717) is 16.1 Å². The number of halogens is 1.